The summed E-state index contributed by atoms with van der Waals surface area (Å²) in [5.41, 5.74) is 1.00. The summed E-state index contributed by atoms with van der Waals surface area (Å²) in [6.45, 7) is 4.14. The van der Waals surface area contributed by atoms with Gasteiger partial charge in [-0.2, -0.15) is 0 Å². The monoisotopic (exact) mass is 682 g/mol. The molecule has 0 radical (unpaired) electrons. The summed E-state index contributed by atoms with van der Waals surface area (Å²) in [4.78, 5) is 0. The first-order chi connectivity index (χ1) is 22.1. The Morgan fingerprint density at radius 1 is 0.652 bits per heavy atom. The molecule has 0 amide bonds. The molecule has 2 saturated heterocycles. The minimum absolute atomic E-state index is 0.0354. The van der Waals surface area contributed by atoms with Gasteiger partial charge in [0.05, 0.1) is 47.8 Å². The van der Waals surface area contributed by atoms with Gasteiger partial charge in [0.2, 0.25) is 0 Å². The molecule has 46 heavy (non-hydrogen) atoms. The Morgan fingerprint density at radius 3 is 1.61 bits per heavy atom. The van der Waals surface area contributed by atoms with Crippen LogP contribution in [0.3, 0.4) is 0 Å². The van der Waals surface area contributed by atoms with Crippen LogP contribution in [0.25, 0.3) is 0 Å². The molecule has 8 atom stereocenters. The number of unbranched alkanes of at least 4 members (excludes halogenated alkanes) is 2. The number of hydrogen-bond acceptors (Lipinski definition) is 8. The van der Waals surface area contributed by atoms with Crippen LogP contribution in [-0.4, -0.2) is 57.0 Å². The number of aliphatic hydroxyl groups excluding tert-OH is 2. The Balaban J connectivity index is 1.33. The standard InChI is InChI=1S/C36H52Cl2O8/c1-3-5-6-11-27-22-30(46-36(43-27)32-19-24(38)15-17-34(32)42)20-26(40)10-8-13-29-21-28(12-7-9-25(39)4-2)44-35(45-29)31-18-23(37)14-16-33(31)41/h14-19,25-30,35-36,39-42H,3-13,20-22H2,1-2H3. The Labute approximate surface area is 283 Å². The van der Waals surface area contributed by atoms with Crippen molar-refractivity contribution in [2.24, 2.45) is 0 Å². The van der Waals surface area contributed by atoms with Crippen molar-refractivity contribution in [1.29, 1.82) is 0 Å². The molecule has 2 aliphatic rings. The van der Waals surface area contributed by atoms with Gasteiger partial charge in [0.25, 0.3) is 0 Å². The van der Waals surface area contributed by atoms with Crippen molar-refractivity contribution < 1.29 is 39.4 Å². The fourth-order valence-corrected chi connectivity index (χ4v) is 6.77. The Morgan fingerprint density at radius 2 is 1.11 bits per heavy atom. The third kappa shape index (κ3) is 11.5. The lowest BCUT2D eigenvalue weighted by Crippen LogP contribution is -2.36. The Bertz CT molecular complexity index is 1200. The van der Waals surface area contributed by atoms with E-state index in [9.17, 15) is 20.4 Å². The van der Waals surface area contributed by atoms with Gasteiger partial charge < -0.3 is 39.4 Å². The van der Waals surface area contributed by atoms with E-state index >= 15 is 0 Å². The van der Waals surface area contributed by atoms with Crippen molar-refractivity contribution >= 4 is 23.2 Å². The van der Waals surface area contributed by atoms with Gasteiger partial charge in [0, 0.05) is 22.9 Å². The van der Waals surface area contributed by atoms with Gasteiger partial charge in [0.15, 0.2) is 12.6 Å². The first-order valence-electron chi connectivity index (χ1n) is 17.1. The van der Waals surface area contributed by atoms with Crippen LogP contribution in [0.2, 0.25) is 10.0 Å². The second-order valence-electron chi connectivity index (χ2n) is 12.9. The predicted octanol–water partition coefficient (Wildman–Crippen LogP) is 8.89. The van der Waals surface area contributed by atoms with E-state index in [1.165, 1.54) is 0 Å². The van der Waals surface area contributed by atoms with Crippen molar-refractivity contribution in [2.75, 3.05) is 0 Å². The van der Waals surface area contributed by atoms with Gasteiger partial charge in [-0.05, 0) is 94.2 Å². The van der Waals surface area contributed by atoms with Crippen LogP contribution in [0.1, 0.15) is 127 Å². The van der Waals surface area contributed by atoms with E-state index in [0.29, 0.717) is 53.3 Å². The van der Waals surface area contributed by atoms with Crippen LogP contribution in [0.4, 0.5) is 0 Å². The van der Waals surface area contributed by atoms with Crippen LogP contribution in [0, 0.1) is 0 Å². The van der Waals surface area contributed by atoms with Crippen molar-refractivity contribution in [1.82, 2.24) is 0 Å². The van der Waals surface area contributed by atoms with E-state index < -0.39 is 18.7 Å². The molecule has 0 saturated carbocycles. The second kappa shape index (κ2) is 18.8. The zero-order valence-corrected chi connectivity index (χ0v) is 28.7. The first-order valence-corrected chi connectivity index (χ1v) is 17.8. The van der Waals surface area contributed by atoms with E-state index in [1.54, 1.807) is 36.4 Å². The third-order valence-corrected chi connectivity index (χ3v) is 9.54. The molecule has 2 aliphatic heterocycles. The highest BCUT2D eigenvalue weighted by Gasteiger charge is 2.35. The highest BCUT2D eigenvalue weighted by Crippen LogP contribution is 2.40. The molecule has 0 spiro atoms. The minimum Gasteiger partial charge on any atom is -0.507 e. The molecule has 2 fully saturated rings. The third-order valence-electron chi connectivity index (χ3n) is 9.07. The van der Waals surface area contributed by atoms with Crippen molar-refractivity contribution in [2.45, 2.75) is 153 Å². The smallest absolute Gasteiger partial charge is 0.188 e. The molecular formula is C36H52Cl2O8. The van der Waals surface area contributed by atoms with Crippen molar-refractivity contribution in [3.05, 3.63) is 57.6 Å². The van der Waals surface area contributed by atoms with E-state index in [2.05, 4.69) is 6.92 Å². The zero-order chi connectivity index (χ0) is 33.1. The highest BCUT2D eigenvalue weighted by atomic mass is 35.5. The van der Waals surface area contributed by atoms with E-state index in [4.69, 9.17) is 42.1 Å². The lowest BCUT2D eigenvalue weighted by Gasteiger charge is -2.37. The topological polar surface area (TPSA) is 118 Å². The van der Waals surface area contributed by atoms with E-state index in [1.807, 2.05) is 6.92 Å². The molecule has 8 unspecified atom stereocenters. The van der Waals surface area contributed by atoms with Crippen LogP contribution in [0.5, 0.6) is 11.5 Å². The number of halogens is 2. The summed E-state index contributed by atoms with van der Waals surface area (Å²) in [5.74, 6) is 0.142. The normalized spacial score (nSPS) is 26.6. The molecule has 0 bridgehead atoms. The van der Waals surface area contributed by atoms with E-state index in [0.717, 1.165) is 57.8 Å². The molecule has 258 valence electrons. The van der Waals surface area contributed by atoms with Crippen molar-refractivity contribution in [3.8, 4) is 11.5 Å². The molecule has 8 nitrogen and oxygen atoms in total. The summed E-state index contributed by atoms with van der Waals surface area (Å²) in [6, 6.07) is 9.69. The maximum absolute atomic E-state index is 11.1. The Hall–Kier alpha value is -1.62. The minimum atomic E-state index is -0.748. The summed E-state index contributed by atoms with van der Waals surface area (Å²) >= 11 is 12.4. The predicted molar refractivity (Wildman–Crippen MR) is 179 cm³/mol. The van der Waals surface area contributed by atoms with Gasteiger partial charge >= 0.3 is 0 Å². The molecule has 2 aromatic carbocycles. The number of rotatable bonds is 17. The summed E-state index contributed by atoms with van der Waals surface area (Å²) in [5, 5.41) is 43.1. The molecule has 4 N–H and O–H groups in total. The van der Waals surface area contributed by atoms with Crippen LogP contribution in [0.15, 0.2) is 36.4 Å². The summed E-state index contributed by atoms with van der Waals surface area (Å²) in [7, 11) is 0. The number of benzene rings is 2. The fraction of sp³-hybridized carbons (Fsp3) is 0.667. The van der Waals surface area contributed by atoms with Gasteiger partial charge in [-0.1, -0.05) is 56.3 Å². The van der Waals surface area contributed by atoms with Crippen molar-refractivity contribution in [3.63, 3.8) is 0 Å². The molecule has 2 aromatic rings. The number of phenolic OH excluding ortho intramolecular Hbond substituents is 2. The lowest BCUT2D eigenvalue weighted by molar-refractivity contribution is -0.254. The highest BCUT2D eigenvalue weighted by molar-refractivity contribution is 6.31. The lowest BCUT2D eigenvalue weighted by atomic mass is 9.95. The molecule has 4 rings (SSSR count). The number of aromatic hydroxyl groups is 2. The first kappa shape index (κ1) is 37.2. The molecule has 2 heterocycles. The number of hydrogen-bond donors (Lipinski definition) is 4. The molecule has 0 aromatic heterocycles. The average Bonchev–Trinajstić information content (AvgIpc) is 3.03. The van der Waals surface area contributed by atoms with Gasteiger partial charge in [-0.15, -0.1) is 0 Å². The van der Waals surface area contributed by atoms with Crippen LogP contribution >= 0.6 is 23.2 Å². The summed E-state index contributed by atoms with van der Waals surface area (Å²) < 4.78 is 25.1. The van der Waals surface area contributed by atoms with Gasteiger partial charge in [-0.3, -0.25) is 0 Å². The number of ether oxygens (including phenoxy) is 4. The fourth-order valence-electron chi connectivity index (χ4n) is 6.41. The number of phenols is 2. The van der Waals surface area contributed by atoms with Crippen LogP contribution < -0.4 is 0 Å². The largest absolute Gasteiger partial charge is 0.507 e. The maximum atomic E-state index is 11.1. The molecule has 10 heteroatoms. The van der Waals surface area contributed by atoms with E-state index in [-0.39, 0.29) is 42.0 Å². The molecule has 0 aliphatic carbocycles. The van der Waals surface area contributed by atoms with Gasteiger partial charge in [-0.25, -0.2) is 0 Å². The average molecular weight is 684 g/mol. The Kier molecular flexibility index (Phi) is 15.2. The number of aliphatic hydroxyl groups is 2. The summed E-state index contributed by atoms with van der Waals surface area (Å²) in [6.07, 6.45) is 8.24. The molecular weight excluding hydrogens is 631 g/mol. The SMILES string of the molecule is CCCCCC1CC(CC(O)CCCC2CC(CCCC(O)CC)OC(c3cc(Cl)ccc3O)O2)OC(c2cc(Cl)ccc2O)O1. The zero-order valence-electron chi connectivity index (χ0n) is 27.2. The van der Waals surface area contributed by atoms with Gasteiger partial charge in [0.1, 0.15) is 11.5 Å². The quantitative estimate of drug-likeness (QED) is 0.122. The second-order valence-corrected chi connectivity index (χ2v) is 13.8. The van der Waals surface area contributed by atoms with Crippen LogP contribution in [-0.2, 0) is 18.9 Å². The maximum Gasteiger partial charge on any atom is 0.188 e.